The molecular formula is C18H31N5O. The lowest BCUT2D eigenvalue weighted by atomic mass is 9.81. The zero-order valence-corrected chi connectivity index (χ0v) is 15.3. The van der Waals surface area contributed by atoms with Crippen molar-refractivity contribution in [2.24, 2.45) is 12.8 Å². The van der Waals surface area contributed by atoms with Gasteiger partial charge in [0.15, 0.2) is 0 Å². The number of aromatic nitrogens is 2. The largest absolute Gasteiger partial charge is 0.339 e. The number of amides is 1. The molecule has 0 radical (unpaired) electrons. The average molecular weight is 333 g/mol. The number of piperazine rings is 1. The molecule has 0 spiro atoms. The minimum Gasteiger partial charge on any atom is -0.339 e. The first-order valence-electron chi connectivity index (χ1n) is 9.20. The second-order valence-electron chi connectivity index (χ2n) is 7.56. The van der Waals surface area contributed by atoms with Crippen molar-refractivity contribution in [3.05, 3.63) is 17.0 Å². The molecule has 6 heteroatoms. The Bertz CT molecular complexity index is 595. The number of nitrogens with two attached hydrogens (primary N) is 1. The lowest BCUT2D eigenvalue weighted by molar-refractivity contribution is -0.140. The van der Waals surface area contributed by atoms with Gasteiger partial charge in [0, 0.05) is 51.0 Å². The smallest absolute Gasteiger partial charge is 0.242 e. The van der Waals surface area contributed by atoms with E-state index >= 15 is 0 Å². The summed E-state index contributed by atoms with van der Waals surface area (Å²) in [6.07, 6.45) is 5.08. The summed E-state index contributed by atoms with van der Waals surface area (Å²) < 4.78 is 1.95. The second kappa shape index (κ2) is 6.84. The number of carbonyl (C=O) groups excluding carboxylic acids is 1. The van der Waals surface area contributed by atoms with E-state index in [2.05, 4.69) is 23.8 Å². The fraction of sp³-hybridized carbons (Fsp3) is 0.778. The van der Waals surface area contributed by atoms with Crippen molar-refractivity contribution in [3.63, 3.8) is 0 Å². The van der Waals surface area contributed by atoms with Gasteiger partial charge in [0.2, 0.25) is 5.91 Å². The summed E-state index contributed by atoms with van der Waals surface area (Å²) in [5, 5.41) is 4.50. The van der Waals surface area contributed by atoms with Crippen LogP contribution >= 0.6 is 0 Å². The Balaban J connectivity index is 1.56. The van der Waals surface area contributed by atoms with Crippen LogP contribution < -0.4 is 5.73 Å². The zero-order chi connectivity index (χ0) is 17.3. The zero-order valence-electron chi connectivity index (χ0n) is 15.3. The van der Waals surface area contributed by atoms with Gasteiger partial charge in [0.1, 0.15) is 0 Å². The second-order valence-corrected chi connectivity index (χ2v) is 7.56. The molecule has 1 aliphatic carbocycles. The van der Waals surface area contributed by atoms with E-state index in [-0.39, 0.29) is 5.91 Å². The number of aryl methyl sites for hydroxylation is 2. The molecule has 1 amide bonds. The Hall–Kier alpha value is -1.40. The molecule has 2 fully saturated rings. The first kappa shape index (κ1) is 17.4. The van der Waals surface area contributed by atoms with Crippen LogP contribution in [0.1, 0.15) is 49.1 Å². The summed E-state index contributed by atoms with van der Waals surface area (Å²) in [7, 11) is 1.99. The molecule has 6 nitrogen and oxygen atoms in total. The van der Waals surface area contributed by atoms with E-state index in [4.69, 9.17) is 5.73 Å². The van der Waals surface area contributed by atoms with Crippen molar-refractivity contribution >= 4 is 5.91 Å². The van der Waals surface area contributed by atoms with Gasteiger partial charge in [-0.1, -0.05) is 19.3 Å². The van der Waals surface area contributed by atoms with Gasteiger partial charge >= 0.3 is 0 Å². The summed E-state index contributed by atoms with van der Waals surface area (Å²) in [6.45, 7) is 8.51. The molecule has 2 aliphatic rings. The van der Waals surface area contributed by atoms with Crippen LogP contribution in [-0.4, -0.2) is 57.2 Å². The topological polar surface area (TPSA) is 67.4 Å². The number of carbonyl (C=O) groups is 1. The number of nitrogens with zero attached hydrogens (tertiary/aromatic N) is 4. The predicted molar refractivity (Wildman–Crippen MR) is 94.5 cm³/mol. The van der Waals surface area contributed by atoms with Crippen molar-refractivity contribution in [1.82, 2.24) is 19.6 Å². The number of hydrogen-bond donors (Lipinski definition) is 1. The monoisotopic (exact) mass is 333 g/mol. The van der Waals surface area contributed by atoms with Crippen LogP contribution in [0.25, 0.3) is 0 Å². The van der Waals surface area contributed by atoms with Crippen LogP contribution in [-0.2, 0) is 18.4 Å². The fourth-order valence-electron chi connectivity index (χ4n) is 4.09. The highest BCUT2D eigenvalue weighted by Gasteiger charge is 2.39. The minimum absolute atomic E-state index is 0.176. The van der Waals surface area contributed by atoms with E-state index in [9.17, 15) is 4.79 Å². The highest BCUT2D eigenvalue weighted by atomic mass is 16.2. The van der Waals surface area contributed by atoms with Crippen LogP contribution in [0.3, 0.4) is 0 Å². The predicted octanol–water partition coefficient (Wildman–Crippen LogP) is 1.34. The molecule has 0 unspecified atom stereocenters. The lowest BCUT2D eigenvalue weighted by Crippen LogP contribution is -2.60. The Morgan fingerprint density at radius 3 is 2.29 bits per heavy atom. The molecule has 2 heterocycles. The third kappa shape index (κ3) is 3.35. The quantitative estimate of drug-likeness (QED) is 0.906. The summed E-state index contributed by atoms with van der Waals surface area (Å²) >= 11 is 0. The van der Waals surface area contributed by atoms with Crippen LogP contribution in [0.4, 0.5) is 0 Å². The van der Waals surface area contributed by atoms with Crippen LogP contribution in [0.15, 0.2) is 0 Å². The third-order valence-corrected chi connectivity index (χ3v) is 5.87. The molecule has 134 valence electrons. The van der Waals surface area contributed by atoms with Gasteiger partial charge in [-0.25, -0.2) is 0 Å². The normalized spacial score (nSPS) is 21.9. The molecule has 1 aliphatic heterocycles. The molecule has 3 rings (SSSR count). The maximum atomic E-state index is 12.8. The highest BCUT2D eigenvalue weighted by molar-refractivity contribution is 5.86. The molecule has 0 aromatic carbocycles. The maximum Gasteiger partial charge on any atom is 0.242 e. The summed E-state index contributed by atoms with van der Waals surface area (Å²) in [6, 6.07) is 0. The molecule has 0 bridgehead atoms. The van der Waals surface area contributed by atoms with Crippen molar-refractivity contribution in [1.29, 1.82) is 0 Å². The Kier molecular flexibility index (Phi) is 4.97. The standard InChI is InChI=1S/C18H31N5O/c1-14-16(15(2)21(3)20-14)13-22-9-11-23(12-10-22)17(24)18(19)7-5-4-6-8-18/h4-13,19H2,1-3H3. The molecule has 1 aromatic heterocycles. The van der Waals surface area contributed by atoms with Crippen molar-refractivity contribution < 1.29 is 4.79 Å². The molecular weight excluding hydrogens is 302 g/mol. The van der Waals surface area contributed by atoms with E-state index in [1.807, 2.05) is 16.6 Å². The van der Waals surface area contributed by atoms with Gasteiger partial charge in [-0.05, 0) is 26.7 Å². The van der Waals surface area contributed by atoms with Gasteiger partial charge in [0.05, 0.1) is 11.2 Å². The summed E-state index contributed by atoms with van der Waals surface area (Å²) in [4.78, 5) is 17.2. The molecule has 2 N–H and O–H groups in total. The van der Waals surface area contributed by atoms with Gasteiger partial charge in [-0.3, -0.25) is 14.4 Å². The van der Waals surface area contributed by atoms with Crippen molar-refractivity contribution in [3.8, 4) is 0 Å². The first-order valence-corrected chi connectivity index (χ1v) is 9.20. The minimum atomic E-state index is -0.600. The van der Waals surface area contributed by atoms with Crippen LogP contribution in [0.5, 0.6) is 0 Å². The van der Waals surface area contributed by atoms with Gasteiger partial charge in [0.25, 0.3) is 0 Å². The number of rotatable bonds is 3. The molecule has 1 aromatic rings. The maximum absolute atomic E-state index is 12.8. The summed E-state index contributed by atoms with van der Waals surface area (Å²) in [5.74, 6) is 0.176. The molecule has 24 heavy (non-hydrogen) atoms. The fourth-order valence-corrected chi connectivity index (χ4v) is 4.09. The van der Waals surface area contributed by atoms with Crippen LogP contribution in [0.2, 0.25) is 0 Å². The van der Waals surface area contributed by atoms with E-state index in [1.165, 1.54) is 17.7 Å². The highest BCUT2D eigenvalue weighted by Crippen LogP contribution is 2.28. The van der Waals surface area contributed by atoms with Gasteiger partial charge < -0.3 is 10.6 Å². The summed E-state index contributed by atoms with van der Waals surface area (Å²) in [5.41, 5.74) is 9.48. The first-order chi connectivity index (χ1) is 11.4. The molecule has 1 saturated heterocycles. The van der Waals surface area contributed by atoms with E-state index in [0.29, 0.717) is 0 Å². The van der Waals surface area contributed by atoms with E-state index in [1.54, 1.807) is 0 Å². The molecule has 1 saturated carbocycles. The van der Waals surface area contributed by atoms with Crippen LogP contribution in [0, 0.1) is 13.8 Å². The Morgan fingerprint density at radius 2 is 1.75 bits per heavy atom. The van der Waals surface area contributed by atoms with Gasteiger partial charge in [-0.2, -0.15) is 5.10 Å². The molecule has 0 atom stereocenters. The third-order valence-electron chi connectivity index (χ3n) is 5.87. The average Bonchev–Trinajstić information content (AvgIpc) is 2.82. The van der Waals surface area contributed by atoms with Crippen molar-refractivity contribution in [2.45, 2.75) is 58.0 Å². The Morgan fingerprint density at radius 1 is 1.12 bits per heavy atom. The number of hydrogen-bond acceptors (Lipinski definition) is 4. The van der Waals surface area contributed by atoms with Gasteiger partial charge in [-0.15, -0.1) is 0 Å². The van der Waals surface area contributed by atoms with E-state index in [0.717, 1.165) is 64.1 Å². The SMILES string of the molecule is Cc1nn(C)c(C)c1CN1CCN(C(=O)C2(N)CCCCC2)CC1. The van der Waals surface area contributed by atoms with E-state index < -0.39 is 5.54 Å². The Labute approximate surface area is 145 Å². The lowest BCUT2D eigenvalue weighted by Gasteiger charge is -2.41. The van der Waals surface area contributed by atoms with Crippen molar-refractivity contribution in [2.75, 3.05) is 26.2 Å².